The average molecular weight is 943 g/mol. The second kappa shape index (κ2) is 20.3. The summed E-state index contributed by atoms with van der Waals surface area (Å²) in [7, 11) is 6.19. The molecule has 0 bridgehead atoms. The lowest BCUT2D eigenvalue weighted by atomic mass is 10.1. The molecule has 4 amide bonds. The number of amides is 4. The van der Waals surface area contributed by atoms with Gasteiger partial charge in [-0.15, -0.1) is 0 Å². The number of carbonyl (C=O) groups excluding carboxylic acids is 4. The fourth-order valence-corrected chi connectivity index (χ4v) is 8.19. The molecule has 2 aromatic heterocycles. The normalized spacial score (nSPS) is 13.9. The molecule has 8 rings (SSSR count). The minimum Gasteiger partial charge on any atom is -0.493 e. The first kappa shape index (κ1) is 47.3. The molecule has 360 valence electrons. The van der Waals surface area contributed by atoms with E-state index in [1.165, 1.54) is 0 Å². The molecular weight excluding hydrogens is 889 g/mol. The largest absolute Gasteiger partial charge is 0.493 e. The highest BCUT2D eigenvalue weighted by atomic mass is 16.5. The van der Waals surface area contributed by atoms with Gasteiger partial charge in [0.25, 0.3) is 11.8 Å². The van der Waals surface area contributed by atoms with Crippen molar-refractivity contribution < 1.29 is 42.9 Å². The van der Waals surface area contributed by atoms with E-state index in [1.807, 2.05) is 23.6 Å². The molecule has 0 spiro atoms. The number of ether oxygens (including phenoxy) is 5. The Morgan fingerprint density at radius 3 is 1.25 bits per heavy atom. The third kappa shape index (κ3) is 10.2. The number of nitrogen functional groups attached to an aromatic ring is 2. The average Bonchev–Trinajstić information content (AvgIpc) is 3.36. The molecule has 0 unspecified atom stereocenters. The van der Waals surface area contributed by atoms with Crippen molar-refractivity contribution >= 4 is 80.3 Å². The Morgan fingerprint density at radius 1 is 0.522 bits per heavy atom. The maximum atomic E-state index is 13.7. The van der Waals surface area contributed by atoms with Crippen molar-refractivity contribution in [3.05, 3.63) is 82.9 Å². The first-order valence-corrected chi connectivity index (χ1v) is 22.1. The van der Waals surface area contributed by atoms with Crippen LogP contribution in [-0.4, -0.2) is 147 Å². The van der Waals surface area contributed by atoms with Crippen LogP contribution in [0.4, 0.5) is 34.9 Å². The van der Waals surface area contributed by atoms with Gasteiger partial charge in [-0.3, -0.25) is 19.2 Å². The van der Waals surface area contributed by atoms with Crippen molar-refractivity contribution in [3.8, 4) is 23.0 Å². The summed E-state index contributed by atoms with van der Waals surface area (Å²) in [5.74, 6) is 2.19. The summed E-state index contributed by atoms with van der Waals surface area (Å²) < 4.78 is 27.1. The van der Waals surface area contributed by atoms with E-state index in [9.17, 15) is 19.2 Å². The molecule has 0 saturated carbocycles. The van der Waals surface area contributed by atoms with Crippen LogP contribution >= 0.6 is 0 Å². The number of anilines is 6. The van der Waals surface area contributed by atoms with E-state index in [1.54, 1.807) is 98.9 Å². The summed E-state index contributed by atoms with van der Waals surface area (Å²) in [5, 5.41) is 6.88. The molecule has 0 radical (unpaired) electrons. The number of aryl methyl sites for hydroxylation is 2. The molecule has 4 heterocycles. The number of rotatable bonds is 14. The smallest absolute Gasteiger partial charge is 0.254 e. The van der Waals surface area contributed by atoms with Crippen LogP contribution in [-0.2, 0) is 14.3 Å². The van der Waals surface area contributed by atoms with E-state index < -0.39 is 25.0 Å². The predicted octanol–water partition coefficient (Wildman–Crippen LogP) is 3.91. The first-order chi connectivity index (χ1) is 33.3. The zero-order chi connectivity index (χ0) is 48.9. The lowest BCUT2D eigenvalue weighted by Crippen LogP contribution is -2.49. The summed E-state index contributed by atoms with van der Waals surface area (Å²) in [6.07, 6.45) is 0. The van der Waals surface area contributed by atoms with Crippen molar-refractivity contribution in [1.29, 1.82) is 0 Å². The lowest BCUT2D eigenvalue weighted by Gasteiger charge is -2.35. The molecule has 2 aliphatic heterocycles. The number of piperazine rings is 2. The van der Waals surface area contributed by atoms with Crippen molar-refractivity contribution in [2.45, 2.75) is 13.8 Å². The standard InChI is InChI=1S/C48H54N12O9/c1-27-7-9-29(45(63)57-11-15-59(16-12-57)47-53-35-23-39(67-5)37(65-3)21-31(35)43(49)55-47)19-33(27)51-41(61)25-69-26-42(62)52-34-20-30(10-8-28(34)2)46(64)58-13-17-60(18-14-58)48-54-36-24-40(68-6)38(66-4)22-32(36)44(50)56-48/h7-10,19-24H,11-18,25-26H2,1-6H3,(H,51,61)(H,52,62)(H2,49,53,55)(H2,50,54,56). The van der Waals surface area contributed by atoms with Gasteiger partial charge in [0.15, 0.2) is 23.0 Å². The van der Waals surface area contributed by atoms with Gasteiger partial charge in [0.2, 0.25) is 23.7 Å². The van der Waals surface area contributed by atoms with Gasteiger partial charge in [-0.05, 0) is 61.4 Å². The van der Waals surface area contributed by atoms with E-state index in [2.05, 4.69) is 20.6 Å². The Bertz CT molecular complexity index is 2760. The minimum atomic E-state index is -0.504. The fraction of sp³-hybridized carbons (Fsp3) is 0.333. The van der Waals surface area contributed by atoms with Crippen molar-refractivity contribution in [1.82, 2.24) is 29.7 Å². The Kier molecular flexibility index (Phi) is 13.9. The summed E-state index contributed by atoms with van der Waals surface area (Å²) in [6.45, 7) is 6.30. The monoisotopic (exact) mass is 942 g/mol. The zero-order valence-corrected chi connectivity index (χ0v) is 39.3. The van der Waals surface area contributed by atoms with Gasteiger partial charge in [-0.1, -0.05) is 12.1 Å². The number of fused-ring (bicyclic) bond motifs is 2. The van der Waals surface area contributed by atoms with Crippen molar-refractivity contribution in [2.24, 2.45) is 0 Å². The molecule has 4 aromatic carbocycles. The van der Waals surface area contributed by atoms with Gasteiger partial charge >= 0.3 is 0 Å². The van der Waals surface area contributed by atoms with Gasteiger partial charge in [0, 0.05) is 97.8 Å². The molecule has 6 N–H and O–H groups in total. The molecule has 0 atom stereocenters. The highest BCUT2D eigenvalue weighted by Gasteiger charge is 2.27. The quantitative estimate of drug-likeness (QED) is 0.121. The fourth-order valence-electron chi connectivity index (χ4n) is 8.19. The van der Waals surface area contributed by atoms with Crippen LogP contribution in [0.3, 0.4) is 0 Å². The molecule has 69 heavy (non-hydrogen) atoms. The second-order valence-corrected chi connectivity index (χ2v) is 16.5. The molecular formula is C48H54N12O9. The molecule has 2 fully saturated rings. The number of methoxy groups -OCH3 is 4. The molecule has 0 aliphatic carbocycles. The number of nitrogens with zero attached hydrogens (tertiary/aromatic N) is 8. The van der Waals surface area contributed by atoms with E-state index in [0.717, 1.165) is 11.1 Å². The van der Waals surface area contributed by atoms with Gasteiger partial charge in [-0.25, -0.2) is 9.97 Å². The van der Waals surface area contributed by atoms with Crippen LogP contribution < -0.4 is 50.8 Å². The number of benzene rings is 4. The number of nitrogens with one attached hydrogen (secondary N) is 2. The summed E-state index contributed by atoms with van der Waals surface area (Å²) in [6, 6.07) is 17.2. The van der Waals surface area contributed by atoms with Gasteiger partial charge in [0.1, 0.15) is 24.8 Å². The number of hydrogen-bond donors (Lipinski definition) is 4. The van der Waals surface area contributed by atoms with E-state index in [-0.39, 0.29) is 11.8 Å². The lowest BCUT2D eigenvalue weighted by molar-refractivity contribution is -0.125. The Balaban J connectivity index is 0.801. The topological polar surface area (TPSA) is 255 Å². The van der Waals surface area contributed by atoms with Crippen LogP contribution in [0.25, 0.3) is 21.8 Å². The van der Waals surface area contributed by atoms with Crippen LogP contribution in [0.1, 0.15) is 31.8 Å². The van der Waals surface area contributed by atoms with Crippen LogP contribution in [0.15, 0.2) is 60.7 Å². The van der Waals surface area contributed by atoms with E-state index in [4.69, 9.17) is 45.1 Å². The number of carbonyl (C=O) groups is 4. The van der Waals surface area contributed by atoms with E-state index in [0.29, 0.717) is 143 Å². The third-order valence-corrected chi connectivity index (χ3v) is 12.1. The zero-order valence-electron chi connectivity index (χ0n) is 39.3. The Labute approximate surface area is 397 Å². The summed E-state index contributed by atoms with van der Waals surface area (Å²) >= 11 is 0. The van der Waals surface area contributed by atoms with Crippen molar-refractivity contribution in [3.63, 3.8) is 0 Å². The minimum absolute atomic E-state index is 0.195. The maximum absolute atomic E-state index is 13.7. The number of aromatic nitrogens is 4. The summed E-state index contributed by atoms with van der Waals surface area (Å²) in [5.41, 5.74) is 17.0. The van der Waals surface area contributed by atoms with E-state index >= 15 is 0 Å². The second-order valence-electron chi connectivity index (χ2n) is 16.5. The number of hydrogen-bond acceptors (Lipinski definition) is 17. The van der Waals surface area contributed by atoms with Crippen molar-refractivity contribution in [2.75, 3.05) is 126 Å². The molecule has 21 nitrogen and oxygen atoms in total. The molecule has 6 aromatic rings. The molecule has 21 heteroatoms. The summed E-state index contributed by atoms with van der Waals surface area (Å²) in [4.78, 5) is 79.2. The highest BCUT2D eigenvalue weighted by Crippen LogP contribution is 2.36. The highest BCUT2D eigenvalue weighted by molar-refractivity contribution is 6.00. The predicted molar refractivity (Wildman–Crippen MR) is 261 cm³/mol. The molecule has 2 aliphatic rings. The van der Waals surface area contributed by atoms with Gasteiger partial charge in [-0.2, -0.15) is 9.97 Å². The Morgan fingerprint density at radius 2 is 0.884 bits per heavy atom. The maximum Gasteiger partial charge on any atom is 0.254 e. The van der Waals surface area contributed by atoms with Crippen LogP contribution in [0, 0.1) is 13.8 Å². The Hall–Kier alpha value is -8.20. The SMILES string of the molecule is COc1cc2nc(N3CCN(C(=O)c4ccc(C)c(NC(=O)COCC(=O)Nc5cc(C(=O)N6CCN(c7nc(N)c8cc(OC)c(OC)cc8n7)CC6)ccc5C)c4)CC3)nc(N)c2cc1OC. The van der Waals surface area contributed by atoms with Crippen LogP contribution in [0.2, 0.25) is 0 Å². The van der Waals surface area contributed by atoms with Gasteiger partial charge < -0.3 is 65.4 Å². The van der Waals surface area contributed by atoms with Gasteiger partial charge in [0.05, 0.1) is 39.5 Å². The first-order valence-electron chi connectivity index (χ1n) is 22.1. The number of nitrogens with two attached hydrogens (primary N) is 2. The molecule has 2 saturated heterocycles. The third-order valence-electron chi connectivity index (χ3n) is 12.1. The van der Waals surface area contributed by atoms with Crippen LogP contribution in [0.5, 0.6) is 23.0 Å².